The van der Waals surface area contributed by atoms with E-state index in [-0.39, 0.29) is 30.0 Å². The number of piperidine rings is 1. The number of nitrogens with zero attached hydrogens (tertiary/aromatic N) is 3. The van der Waals surface area contributed by atoms with Crippen LogP contribution in [0, 0.1) is 11.8 Å². The van der Waals surface area contributed by atoms with Crippen molar-refractivity contribution < 1.29 is 9.90 Å². The molecule has 2 fully saturated rings. The Labute approximate surface area is 225 Å². The lowest BCUT2D eigenvalue weighted by atomic mass is 9.81. The molecule has 38 heavy (non-hydrogen) atoms. The molecule has 1 unspecified atom stereocenters. The fourth-order valence-electron chi connectivity index (χ4n) is 6.44. The van der Waals surface area contributed by atoms with Crippen LogP contribution < -0.4 is 5.56 Å². The lowest BCUT2D eigenvalue weighted by Gasteiger charge is -2.39. The third-order valence-corrected chi connectivity index (χ3v) is 8.74. The quantitative estimate of drug-likeness (QED) is 0.464. The molecule has 6 heteroatoms. The summed E-state index contributed by atoms with van der Waals surface area (Å²) in [5.74, 6) is 0.389. The maximum atomic E-state index is 14.1. The molecule has 5 rings (SSSR count). The molecule has 1 aromatic heterocycles. The summed E-state index contributed by atoms with van der Waals surface area (Å²) in [5.41, 5.74) is 2.74. The van der Waals surface area contributed by atoms with Crippen molar-refractivity contribution in [1.82, 2.24) is 14.4 Å². The van der Waals surface area contributed by atoms with E-state index >= 15 is 0 Å². The summed E-state index contributed by atoms with van der Waals surface area (Å²) in [4.78, 5) is 32.1. The van der Waals surface area contributed by atoms with Gasteiger partial charge in [-0.05, 0) is 80.6 Å². The molecular formula is C32H41N3O3. The van der Waals surface area contributed by atoms with E-state index in [1.807, 2.05) is 48.3 Å². The topological polar surface area (TPSA) is 65.8 Å². The van der Waals surface area contributed by atoms with E-state index in [1.54, 1.807) is 4.57 Å². The van der Waals surface area contributed by atoms with Gasteiger partial charge in [0.05, 0.1) is 18.1 Å². The molecule has 1 aliphatic heterocycles. The molecule has 0 radical (unpaired) electrons. The van der Waals surface area contributed by atoms with Crippen LogP contribution in [0.25, 0.3) is 10.9 Å². The average molecular weight is 516 g/mol. The monoisotopic (exact) mass is 515 g/mol. The molecule has 2 heterocycles. The van der Waals surface area contributed by atoms with Crippen molar-refractivity contribution in [3.8, 4) is 0 Å². The molecule has 2 aliphatic rings. The van der Waals surface area contributed by atoms with Crippen molar-refractivity contribution in [1.29, 1.82) is 0 Å². The number of benzene rings is 2. The lowest BCUT2D eigenvalue weighted by molar-refractivity contribution is -0.138. The highest BCUT2D eigenvalue weighted by atomic mass is 16.3. The molecule has 0 bridgehead atoms. The Kier molecular flexibility index (Phi) is 8.60. The average Bonchev–Trinajstić information content (AvgIpc) is 2.98. The van der Waals surface area contributed by atoms with Crippen LogP contribution in [0.15, 0.2) is 65.5 Å². The molecule has 1 aliphatic carbocycles. The van der Waals surface area contributed by atoms with Gasteiger partial charge in [0.25, 0.3) is 5.56 Å². The van der Waals surface area contributed by atoms with Crippen molar-refractivity contribution in [2.75, 3.05) is 26.2 Å². The number of hydrogen-bond acceptors (Lipinski definition) is 4. The Balaban J connectivity index is 1.49. The van der Waals surface area contributed by atoms with Crippen LogP contribution in [0.1, 0.15) is 62.1 Å². The van der Waals surface area contributed by atoms with E-state index < -0.39 is 0 Å². The number of aliphatic hydroxyl groups is 1. The maximum absolute atomic E-state index is 14.1. The fraction of sp³-hybridized carbons (Fsp3) is 0.500. The first kappa shape index (κ1) is 26.6. The number of pyridine rings is 1. The predicted octanol–water partition coefficient (Wildman–Crippen LogP) is 4.89. The van der Waals surface area contributed by atoms with Gasteiger partial charge in [-0.25, -0.2) is 0 Å². The number of aromatic nitrogens is 1. The van der Waals surface area contributed by atoms with Crippen molar-refractivity contribution in [2.45, 2.75) is 57.5 Å². The first-order valence-corrected chi connectivity index (χ1v) is 14.3. The SMILES string of the molecule is Cn1c(=O)c(CN(CC(c2ccccc2)N2CCCCC2)C(=O)C2CCC(CO)CC2)cc2ccccc21. The summed E-state index contributed by atoms with van der Waals surface area (Å²) < 4.78 is 1.71. The zero-order valence-corrected chi connectivity index (χ0v) is 22.6. The number of carbonyl (C=O) groups excluding carboxylic acids is 1. The van der Waals surface area contributed by atoms with E-state index in [2.05, 4.69) is 29.2 Å². The molecule has 1 atom stereocenters. The van der Waals surface area contributed by atoms with Gasteiger partial charge in [0, 0.05) is 31.7 Å². The van der Waals surface area contributed by atoms with Crippen LogP contribution in [-0.4, -0.2) is 51.6 Å². The van der Waals surface area contributed by atoms with Crippen LogP contribution in [0.5, 0.6) is 0 Å². The van der Waals surface area contributed by atoms with Crippen LogP contribution >= 0.6 is 0 Å². The Hall–Kier alpha value is -2.96. The molecular weight excluding hydrogens is 474 g/mol. The highest BCUT2D eigenvalue weighted by molar-refractivity contribution is 5.81. The van der Waals surface area contributed by atoms with Crippen LogP contribution in [-0.2, 0) is 18.4 Å². The zero-order valence-electron chi connectivity index (χ0n) is 22.6. The van der Waals surface area contributed by atoms with E-state index in [9.17, 15) is 14.7 Å². The minimum atomic E-state index is -0.0557. The fourth-order valence-corrected chi connectivity index (χ4v) is 6.44. The maximum Gasteiger partial charge on any atom is 0.255 e. The molecule has 6 nitrogen and oxygen atoms in total. The van der Waals surface area contributed by atoms with Crippen molar-refractivity contribution >= 4 is 16.8 Å². The number of aryl methyl sites for hydroxylation is 1. The van der Waals surface area contributed by atoms with Gasteiger partial charge in [0.1, 0.15) is 0 Å². The third-order valence-electron chi connectivity index (χ3n) is 8.74. The number of amides is 1. The Bertz CT molecular complexity index is 1270. The molecule has 1 amide bonds. The summed E-state index contributed by atoms with van der Waals surface area (Å²) in [7, 11) is 1.82. The number of para-hydroxylation sites is 1. The third kappa shape index (κ3) is 5.87. The zero-order chi connectivity index (χ0) is 26.5. The van der Waals surface area contributed by atoms with Crippen molar-refractivity contribution in [3.63, 3.8) is 0 Å². The van der Waals surface area contributed by atoms with Gasteiger partial charge >= 0.3 is 0 Å². The Morgan fingerprint density at radius 3 is 2.37 bits per heavy atom. The van der Waals surface area contributed by atoms with E-state index in [1.165, 1.54) is 24.8 Å². The number of fused-ring (bicyclic) bond motifs is 1. The highest BCUT2D eigenvalue weighted by Gasteiger charge is 2.33. The van der Waals surface area contributed by atoms with Crippen molar-refractivity contribution in [3.05, 3.63) is 82.1 Å². The van der Waals surface area contributed by atoms with Gasteiger partial charge in [-0.3, -0.25) is 14.5 Å². The van der Waals surface area contributed by atoms with Gasteiger partial charge in [0.15, 0.2) is 0 Å². The second kappa shape index (κ2) is 12.3. The molecule has 1 saturated carbocycles. The van der Waals surface area contributed by atoms with Gasteiger partial charge in [-0.15, -0.1) is 0 Å². The predicted molar refractivity (Wildman–Crippen MR) is 152 cm³/mol. The number of carbonyl (C=O) groups is 1. The minimum absolute atomic E-state index is 0.0419. The molecule has 202 valence electrons. The summed E-state index contributed by atoms with van der Waals surface area (Å²) >= 11 is 0. The van der Waals surface area contributed by atoms with Gasteiger partial charge in [-0.2, -0.15) is 0 Å². The summed E-state index contributed by atoms with van der Waals surface area (Å²) in [6, 6.07) is 20.5. The van der Waals surface area contributed by atoms with Gasteiger partial charge in [0.2, 0.25) is 5.91 Å². The first-order valence-electron chi connectivity index (χ1n) is 14.3. The van der Waals surface area contributed by atoms with Crippen molar-refractivity contribution in [2.24, 2.45) is 18.9 Å². The number of hydrogen-bond donors (Lipinski definition) is 1. The Morgan fingerprint density at radius 1 is 0.974 bits per heavy atom. The van der Waals surface area contributed by atoms with Gasteiger partial charge < -0.3 is 14.6 Å². The summed E-state index contributed by atoms with van der Waals surface area (Å²) in [6.45, 7) is 3.14. The van der Waals surface area contributed by atoms with Crippen LogP contribution in [0.4, 0.5) is 0 Å². The molecule has 2 aromatic carbocycles. The summed E-state index contributed by atoms with van der Waals surface area (Å²) in [6.07, 6.45) is 6.97. The number of aliphatic hydroxyl groups excluding tert-OH is 1. The second-order valence-electron chi connectivity index (χ2n) is 11.2. The molecule has 3 aromatic rings. The lowest BCUT2D eigenvalue weighted by Crippen LogP contribution is -2.45. The number of likely N-dealkylation sites (tertiary alicyclic amines) is 1. The van der Waals surface area contributed by atoms with Gasteiger partial charge in [-0.1, -0.05) is 55.0 Å². The minimum Gasteiger partial charge on any atom is -0.396 e. The molecule has 1 saturated heterocycles. The van der Waals surface area contributed by atoms with Crippen LogP contribution in [0.3, 0.4) is 0 Å². The molecule has 1 N–H and O–H groups in total. The second-order valence-corrected chi connectivity index (χ2v) is 11.2. The van der Waals surface area contributed by atoms with E-state index in [0.29, 0.717) is 24.6 Å². The molecule has 0 spiro atoms. The van der Waals surface area contributed by atoms with Crippen LogP contribution in [0.2, 0.25) is 0 Å². The standard InChI is InChI=1S/C32H41N3O3/c1-33-29-13-7-6-12-27(29)20-28(31(33)37)21-35(32(38)26-16-14-24(23-36)15-17-26)22-30(25-10-4-2-5-11-25)34-18-8-3-9-19-34/h2,4-7,10-13,20,24,26,30,36H,3,8-9,14-19,21-23H2,1H3. The number of rotatable bonds is 8. The first-order chi connectivity index (χ1) is 18.5. The highest BCUT2D eigenvalue weighted by Crippen LogP contribution is 2.32. The smallest absolute Gasteiger partial charge is 0.255 e. The largest absolute Gasteiger partial charge is 0.396 e. The Morgan fingerprint density at radius 2 is 1.66 bits per heavy atom. The summed E-state index contributed by atoms with van der Waals surface area (Å²) in [5, 5.41) is 10.6. The van der Waals surface area contributed by atoms with E-state index in [0.717, 1.165) is 49.7 Å². The normalized spacial score (nSPS) is 21.3. The van der Waals surface area contributed by atoms with E-state index in [4.69, 9.17) is 0 Å².